The van der Waals surface area contributed by atoms with E-state index in [1.54, 1.807) is 17.5 Å². The monoisotopic (exact) mass is 357 g/mol. The first-order chi connectivity index (χ1) is 12.9. The SMILES string of the molecule is c1ccc(CNc2cc(-c3ccc4ncsc4c3)c3cc[nH]c3n2)nc1. The van der Waals surface area contributed by atoms with Crippen LogP contribution in [-0.2, 0) is 6.54 Å². The predicted octanol–water partition coefficient (Wildman–Crippen LogP) is 4.85. The minimum atomic E-state index is 0.632. The number of pyridine rings is 2. The molecule has 5 aromatic rings. The molecule has 0 saturated heterocycles. The second-order valence-corrected chi connectivity index (χ2v) is 6.89. The van der Waals surface area contributed by atoms with Gasteiger partial charge in [-0.1, -0.05) is 12.1 Å². The summed E-state index contributed by atoms with van der Waals surface area (Å²) in [7, 11) is 0. The van der Waals surface area contributed by atoms with Crippen molar-refractivity contribution in [3.63, 3.8) is 0 Å². The molecule has 0 bridgehead atoms. The topological polar surface area (TPSA) is 66.5 Å². The average Bonchev–Trinajstić information content (AvgIpc) is 3.35. The van der Waals surface area contributed by atoms with E-state index in [9.17, 15) is 0 Å². The smallest absolute Gasteiger partial charge is 0.140 e. The number of rotatable bonds is 4. The highest BCUT2D eigenvalue weighted by Crippen LogP contribution is 2.32. The Hall–Kier alpha value is -3.25. The van der Waals surface area contributed by atoms with Gasteiger partial charge in [-0.3, -0.25) is 4.98 Å². The number of thiazole rings is 1. The lowest BCUT2D eigenvalue weighted by atomic mass is 10.0. The molecule has 126 valence electrons. The van der Waals surface area contributed by atoms with Gasteiger partial charge in [0.15, 0.2) is 0 Å². The summed E-state index contributed by atoms with van der Waals surface area (Å²) in [5.74, 6) is 0.824. The lowest BCUT2D eigenvalue weighted by molar-refractivity contribution is 1.03. The van der Waals surface area contributed by atoms with Crippen molar-refractivity contribution < 1.29 is 0 Å². The number of hydrogen-bond acceptors (Lipinski definition) is 5. The number of fused-ring (bicyclic) bond motifs is 2. The number of aromatic amines is 1. The van der Waals surface area contributed by atoms with Crippen molar-refractivity contribution in [2.75, 3.05) is 5.32 Å². The molecule has 0 atom stereocenters. The van der Waals surface area contributed by atoms with Crippen molar-refractivity contribution in [1.82, 2.24) is 19.9 Å². The van der Waals surface area contributed by atoms with Crippen molar-refractivity contribution in [3.05, 3.63) is 72.1 Å². The third-order valence-corrected chi connectivity index (χ3v) is 5.14. The Labute approximate surface area is 153 Å². The van der Waals surface area contributed by atoms with Crippen LogP contribution < -0.4 is 5.32 Å². The molecule has 2 N–H and O–H groups in total. The molecule has 0 amide bonds. The zero-order valence-corrected chi connectivity index (χ0v) is 14.6. The average molecular weight is 357 g/mol. The number of nitrogens with one attached hydrogen (secondary N) is 2. The summed E-state index contributed by atoms with van der Waals surface area (Å²) >= 11 is 1.66. The van der Waals surface area contributed by atoms with E-state index in [1.807, 2.05) is 29.9 Å². The van der Waals surface area contributed by atoms with Crippen molar-refractivity contribution >= 4 is 38.4 Å². The van der Waals surface area contributed by atoms with Crippen LogP contribution in [0.2, 0.25) is 0 Å². The van der Waals surface area contributed by atoms with Crippen molar-refractivity contribution in [2.45, 2.75) is 6.54 Å². The molecule has 6 heteroatoms. The molecule has 4 aromatic heterocycles. The Morgan fingerprint density at radius 3 is 2.96 bits per heavy atom. The standard InChI is InChI=1S/C20H15N5S/c1-2-7-21-14(3-1)11-23-19-10-16(15-6-8-22-20(15)25-19)13-4-5-17-18(9-13)26-12-24-17/h1-10,12H,11H2,(H2,22,23,25). The van der Waals surface area contributed by atoms with Crippen LogP contribution in [0.3, 0.4) is 0 Å². The highest BCUT2D eigenvalue weighted by molar-refractivity contribution is 7.16. The molecular formula is C20H15N5S. The van der Waals surface area contributed by atoms with Gasteiger partial charge in [-0.05, 0) is 47.5 Å². The van der Waals surface area contributed by atoms with E-state index in [0.29, 0.717) is 6.54 Å². The van der Waals surface area contributed by atoms with Crippen LogP contribution in [0.1, 0.15) is 5.69 Å². The summed E-state index contributed by atoms with van der Waals surface area (Å²) in [4.78, 5) is 16.6. The van der Waals surface area contributed by atoms with Gasteiger partial charge in [0.2, 0.25) is 0 Å². The van der Waals surface area contributed by atoms with E-state index in [-0.39, 0.29) is 0 Å². The lowest BCUT2D eigenvalue weighted by Gasteiger charge is -2.09. The number of nitrogens with zero attached hydrogens (tertiary/aromatic N) is 3. The summed E-state index contributed by atoms with van der Waals surface area (Å²) in [6.07, 6.45) is 3.73. The molecule has 0 spiro atoms. The van der Waals surface area contributed by atoms with Crippen LogP contribution in [0.25, 0.3) is 32.4 Å². The van der Waals surface area contributed by atoms with Gasteiger partial charge in [0.05, 0.1) is 28.0 Å². The normalized spacial score (nSPS) is 11.2. The summed E-state index contributed by atoms with van der Waals surface area (Å²) < 4.78 is 1.19. The highest BCUT2D eigenvalue weighted by atomic mass is 32.1. The highest BCUT2D eigenvalue weighted by Gasteiger charge is 2.10. The maximum Gasteiger partial charge on any atom is 0.140 e. The number of anilines is 1. The van der Waals surface area contributed by atoms with E-state index in [4.69, 9.17) is 0 Å². The van der Waals surface area contributed by atoms with Crippen molar-refractivity contribution in [2.24, 2.45) is 0 Å². The van der Waals surface area contributed by atoms with E-state index >= 15 is 0 Å². The fraction of sp³-hybridized carbons (Fsp3) is 0.0500. The second kappa shape index (κ2) is 6.24. The first-order valence-electron chi connectivity index (χ1n) is 8.32. The molecule has 1 aromatic carbocycles. The molecule has 0 aliphatic rings. The van der Waals surface area contributed by atoms with E-state index in [2.05, 4.69) is 55.6 Å². The molecule has 0 unspecified atom stereocenters. The molecule has 0 aliphatic carbocycles. The number of aromatic nitrogens is 4. The molecule has 0 saturated carbocycles. The molecule has 26 heavy (non-hydrogen) atoms. The zero-order valence-electron chi connectivity index (χ0n) is 13.8. The van der Waals surface area contributed by atoms with E-state index < -0.39 is 0 Å². The molecule has 0 radical (unpaired) electrons. The van der Waals surface area contributed by atoms with Gasteiger partial charge in [-0.15, -0.1) is 11.3 Å². The van der Waals surface area contributed by atoms with Gasteiger partial charge in [0, 0.05) is 17.8 Å². The van der Waals surface area contributed by atoms with Crippen LogP contribution in [0, 0.1) is 0 Å². The van der Waals surface area contributed by atoms with Gasteiger partial charge >= 0.3 is 0 Å². The molecular weight excluding hydrogens is 342 g/mol. The van der Waals surface area contributed by atoms with E-state index in [1.165, 1.54) is 4.70 Å². The maximum absolute atomic E-state index is 4.68. The maximum atomic E-state index is 4.68. The van der Waals surface area contributed by atoms with Gasteiger partial charge < -0.3 is 10.3 Å². The molecule has 4 heterocycles. The minimum Gasteiger partial charge on any atom is -0.364 e. The Morgan fingerprint density at radius 1 is 1.04 bits per heavy atom. The Morgan fingerprint density at radius 2 is 2.04 bits per heavy atom. The van der Waals surface area contributed by atoms with Crippen LogP contribution in [0.5, 0.6) is 0 Å². The van der Waals surface area contributed by atoms with Crippen molar-refractivity contribution in [1.29, 1.82) is 0 Å². The van der Waals surface area contributed by atoms with Gasteiger partial charge in [-0.2, -0.15) is 0 Å². The molecule has 0 fully saturated rings. The van der Waals surface area contributed by atoms with Gasteiger partial charge in [-0.25, -0.2) is 9.97 Å². The number of H-pyrrole nitrogens is 1. The fourth-order valence-electron chi connectivity index (χ4n) is 3.07. The Kier molecular flexibility index (Phi) is 3.61. The molecule has 5 nitrogen and oxygen atoms in total. The third kappa shape index (κ3) is 2.70. The first-order valence-corrected chi connectivity index (χ1v) is 9.20. The van der Waals surface area contributed by atoms with Crippen LogP contribution in [-0.4, -0.2) is 19.9 Å². The first kappa shape index (κ1) is 15.0. The minimum absolute atomic E-state index is 0.632. The summed E-state index contributed by atoms with van der Waals surface area (Å²) in [6, 6.07) is 16.4. The number of benzene rings is 1. The summed E-state index contributed by atoms with van der Waals surface area (Å²) in [5.41, 5.74) is 7.08. The second-order valence-electron chi connectivity index (χ2n) is 6.00. The Balaban J connectivity index is 1.56. The van der Waals surface area contributed by atoms with Crippen LogP contribution >= 0.6 is 11.3 Å². The fourth-order valence-corrected chi connectivity index (χ4v) is 3.79. The van der Waals surface area contributed by atoms with Gasteiger partial charge in [0.1, 0.15) is 11.5 Å². The largest absolute Gasteiger partial charge is 0.364 e. The van der Waals surface area contributed by atoms with Gasteiger partial charge in [0.25, 0.3) is 0 Å². The number of hydrogen-bond donors (Lipinski definition) is 2. The van der Waals surface area contributed by atoms with Crippen LogP contribution in [0.4, 0.5) is 5.82 Å². The van der Waals surface area contributed by atoms with Crippen LogP contribution in [0.15, 0.2) is 66.4 Å². The quantitative estimate of drug-likeness (QED) is 0.483. The predicted molar refractivity (Wildman–Crippen MR) is 106 cm³/mol. The molecule has 5 rings (SSSR count). The zero-order chi connectivity index (χ0) is 17.3. The van der Waals surface area contributed by atoms with E-state index in [0.717, 1.165) is 39.2 Å². The molecule has 0 aliphatic heterocycles. The van der Waals surface area contributed by atoms with Crippen molar-refractivity contribution in [3.8, 4) is 11.1 Å². The summed E-state index contributed by atoms with van der Waals surface area (Å²) in [6.45, 7) is 0.632. The summed E-state index contributed by atoms with van der Waals surface area (Å²) in [5, 5.41) is 4.49. The lowest BCUT2D eigenvalue weighted by Crippen LogP contribution is -2.03. The Bertz CT molecular complexity index is 1190. The third-order valence-electron chi connectivity index (χ3n) is 4.35.